The molecule has 3 N–H and O–H groups in total. The van der Waals surface area contributed by atoms with E-state index in [4.69, 9.17) is 37.0 Å². The van der Waals surface area contributed by atoms with E-state index >= 15 is 0 Å². The summed E-state index contributed by atoms with van der Waals surface area (Å²) < 4.78 is 68.7. The van der Waals surface area contributed by atoms with Crippen LogP contribution in [0, 0.1) is 11.8 Å². The number of allylic oxidation sites excluding steroid dienone is 4. The van der Waals surface area contributed by atoms with Gasteiger partial charge in [-0.2, -0.15) is 0 Å². The van der Waals surface area contributed by atoms with Crippen LogP contribution in [0.1, 0.15) is 401 Å². The van der Waals surface area contributed by atoms with Gasteiger partial charge in [-0.15, -0.1) is 0 Å². The molecule has 0 aliphatic rings. The number of ether oxygens (including phenoxy) is 4. The fraction of sp³-hybridized carbons (Fsp3) is 0.901. The van der Waals surface area contributed by atoms with Gasteiger partial charge in [0.15, 0.2) is 12.2 Å². The van der Waals surface area contributed by atoms with Crippen LogP contribution in [-0.4, -0.2) is 96.7 Å². The van der Waals surface area contributed by atoms with E-state index in [1.165, 1.54) is 199 Å². The Morgan fingerprint density at radius 2 is 0.590 bits per heavy atom. The maximum atomic E-state index is 13.1. The molecule has 0 aliphatic heterocycles. The lowest BCUT2D eigenvalue weighted by atomic mass is 9.99. The molecule has 3 unspecified atom stereocenters. The van der Waals surface area contributed by atoms with E-state index in [9.17, 15) is 43.2 Å². The van der Waals surface area contributed by atoms with Crippen molar-refractivity contribution in [2.24, 2.45) is 11.8 Å². The summed E-state index contributed by atoms with van der Waals surface area (Å²) in [5, 5.41) is 10.6. The molecule has 0 saturated carbocycles. The number of esters is 4. The van der Waals surface area contributed by atoms with E-state index in [-0.39, 0.29) is 25.7 Å². The normalized spacial score (nSPS) is 14.3. The monoisotopic (exact) mass is 1460 g/mol. The molecule has 0 heterocycles. The van der Waals surface area contributed by atoms with E-state index in [1.807, 2.05) is 0 Å². The minimum absolute atomic E-state index is 0.102. The van der Waals surface area contributed by atoms with Gasteiger partial charge in [0.2, 0.25) is 0 Å². The van der Waals surface area contributed by atoms with Crippen molar-refractivity contribution in [3.8, 4) is 0 Å². The number of rotatable bonds is 78. The van der Waals surface area contributed by atoms with Crippen LogP contribution in [0.4, 0.5) is 0 Å². The Balaban J connectivity index is 5.30. The Hall–Kier alpha value is -2.46. The molecule has 0 aliphatic carbocycles. The van der Waals surface area contributed by atoms with Gasteiger partial charge in [0.1, 0.15) is 19.3 Å². The first kappa shape index (κ1) is 97.5. The molecule has 590 valence electrons. The lowest BCUT2D eigenvalue weighted by molar-refractivity contribution is -0.161. The van der Waals surface area contributed by atoms with Gasteiger partial charge in [-0.3, -0.25) is 37.3 Å². The molecule has 100 heavy (non-hydrogen) atoms. The standard InChI is InChI=1S/C81H154O17P2/c1-7-10-12-14-16-18-20-22-24-25-26-28-30-32-41-47-53-59-65-80(85)97-76(69-91-78(83)63-57-51-45-39-31-29-27-23-21-19-17-15-13-11-8-2)71-95-99(87,88)93-67-75(82)68-94-100(89,90)96-72-77(70-92-79(84)64-58-52-46-40-35-33-37-43-49-55-61-73(4)5)98-81(86)66-60-54-48-42-36-34-38-44-50-56-62-74(6)9-3/h19,21,23,27,73-77,82H,7-18,20,22,24-26,28-72H2,1-6H3,(H,87,88)(H,89,90)/b21-19-,27-23-/t74?,75-,76-,77-/m1/s1. The molecule has 0 bridgehead atoms. The molecule has 6 atom stereocenters. The number of aliphatic hydroxyl groups excluding tert-OH is 1. The summed E-state index contributed by atoms with van der Waals surface area (Å²) in [5.74, 6) is -0.580. The zero-order chi connectivity index (χ0) is 73.5. The van der Waals surface area contributed by atoms with E-state index in [1.54, 1.807) is 0 Å². The van der Waals surface area contributed by atoms with Crippen LogP contribution in [0.5, 0.6) is 0 Å². The van der Waals surface area contributed by atoms with Crippen molar-refractivity contribution in [1.82, 2.24) is 0 Å². The van der Waals surface area contributed by atoms with Crippen LogP contribution in [0.25, 0.3) is 0 Å². The van der Waals surface area contributed by atoms with Crippen LogP contribution in [-0.2, 0) is 65.4 Å². The number of hydrogen-bond donors (Lipinski definition) is 3. The van der Waals surface area contributed by atoms with E-state index in [0.717, 1.165) is 121 Å². The molecule has 0 spiro atoms. The van der Waals surface area contributed by atoms with Gasteiger partial charge in [-0.25, -0.2) is 9.13 Å². The first-order valence-corrected chi connectivity index (χ1v) is 44.3. The molecule has 17 nitrogen and oxygen atoms in total. The third kappa shape index (κ3) is 72.5. The minimum Gasteiger partial charge on any atom is -0.462 e. The number of unbranched alkanes of at least 4 members (excludes halogenated alkanes) is 44. The average molecular weight is 1460 g/mol. The Labute approximate surface area is 612 Å². The van der Waals surface area contributed by atoms with Gasteiger partial charge < -0.3 is 33.8 Å². The van der Waals surface area contributed by atoms with E-state index in [2.05, 4.69) is 65.8 Å². The van der Waals surface area contributed by atoms with E-state index in [0.29, 0.717) is 25.7 Å². The summed E-state index contributed by atoms with van der Waals surface area (Å²) >= 11 is 0. The van der Waals surface area contributed by atoms with Crippen molar-refractivity contribution in [1.29, 1.82) is 0 Å². The predicted octanol–water partition coefficient (Wildman–Crippen LogP) is 23.8. The molecule has 0 amide bonds. The van der Waals surface area contributed by atoms with Gasteiger partial charge in [0, 0.05) is 25.7 Å². The van der Waals surface area contributed by atoms with Gasteiger partial charge >= 0.3 is 39.5 Å². The molecule has 0 aromatic rings. The van der Waals surface area contributed by atoms with Crippen molar-refractivity contribution in [3.63, 3.8) is 0 Å². The summed E-state index contributed by atoms with van der Waals surface area (Å²) in [4.78, 5) is 73.0. The highest BCUT2D eigenvalue weighted by atomic mass is 31.2. The van der Waals surface area contributed by atoms with E-state index < -0.39 is 97.5 Å². The van der Waals surface area contributed by atoms with Gasteiger partial charge in [-0.05, 0) is 63.2 Å². The second kappa shape index (κ2) is 72.1. The summed E-state index contributed by atoms with van der Waals surface area (Å²) in [7, 11) is -9.93. The Bertz CT molecular complexity index is 2020. The van der Waals surface area contributed by atoms with Gasteiger partial charge in [-0.1, -0.05) is 348 Å². The lowest BCUT2D eigenvalue weighted by Gasteiger charge is -2.21. The average Bonchev–Trinajstić information content (AvgIpc) is 0.916. The number of phosphoric acid groups is 2. The largest absolute Gasteiger partial charge is 0.472 e. The first-order chi connectivity index (χ1) is 48.4. The van der Waals surface area contributed by atoms with Gasteiger partial charge in [0.05, 0.1) is 26.4 Å². The number of aliphatic hydroxyl groups is 1. The second-order valence-corrected chi connectivity index (χ2v) is 32.1. The van der Waals surface area contributed by atoms with Crippen molar-refractivity contribution in [2.45, 2.75) is 419 Å². The van der Waals surface area contributed by atoms with Crippen LogP contribution in [0.15, 0.2) is 24.3 Å². The van der Waals surface area contributed by atoms with Crippen LogP contribution >= 0.6 is 15.6 Å². The smallest absolute Gasteiger partial charge is 0.462 e. The summed E-state index contributed by atoms with van der Waals surface area (Å²) in [5.41, 5.74) is 0. The molecular formula is C81H154O17P2. The summed E-state index contributed by atoms with van der Waals surface area (Å²) in [6, 6.07) is 0. The fourth-order valence-electron chi connectivity index (χ4n) is 12.0. The topological polar surface area (TPSA) is 237 Å². The number of carbonyl (C=O) groups is 4. The Kier molecular flexibility index (Phi) is 70.3. The highest BCUT2D eigenvalue weighted by Crippen LogP contribution is 2.45. The minimum atomic E-state index is -4.97. The van der Waals surface area contributed by atoms with Crippen LogP contribution in [0.3, 0.4) is 0 Å². The molecule has 0 aromatic heterocycles. The number of phosphoric ester groups is 2. The van der Waals surface area contributed by atoms with Crippen LogP contribution < -0.4 is 0 Å². The Morgan fingerprint density at radius 1 is 0.330 bits per heavy atom. The Morgan fingerprint density at radius 3 is 0.900 bits per heavy atom. The van der Waals surface area contributed by atoms with Crippen molar-refractivity contribution in [2.75, 3.05) is 39.6 Å². The second-order valence-electron chi connectivity index (χ2n) is 29.2. The third-order valence-electron chi connectivity index (χ3n) is 18.7. The first-order valence-electron chi connectivity index (χ1n) is 41.3. The van der Waals surface area contributed by atoms with Crippen molar-refractivity contribution >= 4 is 39.5 Å². The highest BCUT2D eigenvalue weighted by Gasteiger charge is 2.30. The SMILES string of the molecule is CCCCCC/C=C\C=C/CCCCCCCC(=O)OC[C@H](COP(=O)(O)OC[C@@H](O)COP(=O)(O)OC[C@@H](COC(=O)CCCCCCCCCCCCC(C)C)OC(=O)CCCCCCCCCCCCC(C)CC)OC(=O)CCCCCCCCCCCCCCCCCCCC. The van der Waals surface area contributed by atoms with Crippen LogP contribution in [0.2, 0.25) is 0 Å². The molecule has 0 radical (unpaired) electrons. The van der Waals surface area contributed by atoms with Gasteiger partial charge in [0.25, 0.3) is 0 Å². The molecule has 0 fully saturated rings. The predicted molar refractivity (Wildman–Crippen MR) is 409 cm³/mol. The molecule has 0 saturated heterocycles. The fourth-order valence-corrected chi connectivity index (χ4v) is 13.5. The summed E-state index contributed by atoms with van der Waals surface area (Å²) in [6.45, 7) is 9.59. The quantitative estimate of drug-likeness (QED) is 0.0169. The lowest BCUT2D eigenvalue weighted by Crippen LogP contribution is -2.30. The molecule has 0 aromatic carbocycles. The van der Waals surface area contributed by atoms with Crippen molar-refractivity contribution in [3.05, 3.63) is 24.3 Å². The zero-order valence-electron chi connectivity index (χ0n) is 65.0. The van der Waals surface area contributed by atoms with Crippen molar-refractivity contribution < 1.29 is 80.2 Å². The summed E-state index contributed by atoms with van der Waals surface area (Å²) in [6.07, 6.45) is 64.5. The number of carbonyl (C=O) groups excluding carboxylic acids is 4. The maximum Gasteiger partial charge on any atom is 0.472 e. The number of hydrogen-bond acceptors (Lipinski definition) is 15. The highest BCUT2D eigenvalue weighted by molar-refractivity contribution is 7.47. The molecule has 0 rings (SSSR count). The maximum absolute atomic E-state index is 13.1. The zero-order valence-corrected chi connectivity index (χ0v) is 66.8. The molecule has 19 heteroatoms. The molecular weight excluding hydrogens is 1310 g/mol. The third-order valence-corrected chi connectivity index (χ3v) is 20.6.